The molecule has 0 aliphatic rings. The molecule has 0 fully saturated rings. The van der Waals surface area contributed by atoms with E-state index in [0.29, 0.717) is 18.2 Å². The van der Waals surface area contributed by atoms with Crippen LogP contribution in [-0.2, 0) is 6.42 Å². The Morgan fingerprint density at radius 2 is 1.89 bits per heavy atom. The molecule has 0 bridgehead atoms. The Morgan fingerprint density at radius 1 is 1.11 bits per heavy atom. The largest absolute Gasteiger partial charge is 0.420 e. The summed E-state index contributed by atoms with van der Waals surface area (Å²) in [5.41, 5.74) is 2.08. The molecule has 96 valence electrons. The first kappa shape index (κ1) is 13.0. The van der Waals surface area contributed by atoms with Gasteiger partial charge >= 0.3 is 0 Å². The summed E-state index contributed by atoms with van der Waals surface area (Å²) in [6.07, 6.45) is 0.627. The lowest BCUT2D eigenvalue weighted by Crippen LogP contribution is -1.86. The van der Waals surface area contributed by atoms with Crippen LogP contribution in [0.15, 0.2) is 48.4 Å². The van der Waals surface area contributed by atoms with Crippen molar-refractivity contribution in [1.29, 1.82) is 0 Å². The third-order valence-corrected chi connectivity index (χ3v) is 5.02. The Balaban J connectivity index is 1.84. The number of hydrogen-bond donors (Lipinski definition) is 0. The highest BCUT2D eigenvalue weighted by Crippen LogP contribution is 2.33. The zero-order valence-electron chi connectivity index (χ0n) is 9.64. The molecule has 0 radical (unpaired) electrons. The number of benzene rings is 1. The van der Waals surface area contributed by atoms with Gasteiger partial charge < -0.3 is 4.42 Å². The van der Waals surface area contributed by atoms with E-state index in [0.717, 1.165) is 18.7 Å². The van der Waals surface area contributed by atoms with Gasteiger partial charge in [0.1, 0.15) is 0 Å². The van der Waals surface area contributed by atoms with Crippen LogP contribution in [0.2, 0.25) is 0 Å². The Kier molecular flexibility index (Phi) is 3.81. The summed E-state index contributed by atoms with van der Waals surface area (Å²) < 4.78 is 7.85. The fourth-order valence-electron chi connectivity index (χ4n) is 1.68. The van der Waals surface area contributed by atoms with Gasteiger partial charge in [-0.25, -0.2) is 0 Å². The summed E-state index contributed by atoms with van der Waals surface area (Å²) in [5.74, 6) is 1.17. The molecule has 3 nitrogen and oxygen atoms in total. The highest BCUT2D eigenvalue weighted by Gasteiger charge is 2.12. The second kappa shape index (κ2) is 5.56. The minimum absolute atomic E-state index is 0.556. The fourth-order valence-corrected chi connectivity index (χ4v) is 4.51. The predicted molar refractivity (Wildman–Crippen MR) is 82.3 cm³/mol. The van der Waals surface area contributed by atoms with Crippen molar-refractivity contribution in [3.8, 4) is 11.5 Å². The topological polar surface area (TPSA) is 38.9 Å². The molecule has 19 heavy (non-hydrogen) atoms. The van der Waals surface area contributed by atoms with Gasteiger partial charge in [-0.3, -0.25) is 0 Å². The minimum Gasteiger partial charge on any atom is -0.420 e. The maximum atomic E-state index is 5.68. The van der Waals surface area contributed by atoms with Crippen molar-refractivity contribution in [3.05, 3.63) is 55.4 Å². The second-order valence-electron chi connectivity index (χ2n) is 3.89. The molecule has 0 amide bonds. The van der Waals surface area contributed by atoms with E-state index in [9.17, 15) is 0 Å². The van der Waals surface area contributed by atoms with Gasteiger partial charge in [0.2, 0.25) is 11.8 Å². The summed E-state index contributed by atoms with van der Waals surface area (Å²) in [6, 6.07) is 11.8. The first-order valence-corrected chi connectivity index (χ1v) is 7.94. The third-order valence-electron chi connectivity index (χ3n) is 2.56. The molecule has 2 heterocycles. The van der Waals surface area contributed by atoms with Gasteiger partial charge in [-0.05, 0) is 55.6 Å². The van der Waals surface area contributed by atoms with Crippen LogP contribution in [0.1, 0.15) is 11.5 Å². The summed E-state index contributed by atoms with van der Waals surface area (Å²) >= 11 is 8.62. The number of nitrogens with zero attached hydrogens (tertiary/aromatic N) is 2. The van der Waals surface area contributed by atoms with Crippen LogP contribution in [0.25, 0.3) is 11.5 Å². The van der Waals surface area contributed by atoms with Gasteiger partial charge in [0.15, 0.2) is 0 Å². The first-order valence-electron chi connectivity index (χ1n) is 5.54. The Morgan fingerprint density at radius 3 is 2.58 bits per heavy atom. The van der Waals surface area contributed by atoms with Crippen molar-refractivity contribution in [3.63, 3.8) is 0 Å². The van der Waals surface area contributed by atoms with Crippen LogP contribution in [0.5, 0.6) is 0 Å². The predicted octanol–water partition coefficient (Wildman–Crippen LogP) is 4.91. The number of aromatic nitrogens is 2. The van der Waals surface area contributed by atoms with E-state index in [4.69, 9.17) is 4.42 Å². The zero-order chi connectivity index (χ0) is 13.2. The Labute approximate surface area is 130 Å². The van der Waals surface area contributed by atoms with Gasteiger partial charge in [-0.15, -0.1) is 21.5 Å². The van der Waals surface area contributed by atoms with Crippen molar-refractivity contribution in [2.75, 3.05) is 0 Å². The minimum atomic E-state index is 0.556. The molecule has 3 rings (SSSR count). The van der Waals surface area contributed by atoms with Crippen LogP contribution < -0.4 is 0 Å². The van der Waals surface area contributed by atoms with Crippen molar-refractivity contribution >= 4 is 43.2 Å². The Bertz CT molecular complexity index is 694. The van der Waals surface area contributed by atoms with Crippen LogP contribution in [0, 0.1) is 0 Å². The average molecular weight is 400 g/mol. The molecule has 6 heteroatoms. The number of hydrogen-bond acceptors (Lipinski definition) is 4. The van der Waals surface area contributed by atoms with Gasteiger partial charge in [-0.1, -0.05) is 18.2 Å². The van der Waals surface area contributed by atoms with Crippen molar-refractivity contribution in [2.45, 2.75) is 6.42 Å². The first-order chi connectivity index (χ1) is 9.22. The molecule has 0 aliphatic heterocycles. The van der Waals surface area contributed by atoms with E-state index in [1.807, 2.05) is 30.3 Å². The smallest absolute Gasteiger partial charge is 0.247 e. The standard InChI is InChI=1S/C13H8Br2N2OS/c14-10-6-9(12(15)19-10)7-11-16-17-13(18-11)8-4-2-1-3-5-8/h1-6H,7H2. The monoisotopic (exact) mass is 398 g/mol. The lowest BCUT2D eigenvalue weighted by atomic mass is 10.2. The van der Waals surface area contributed by atoms with Gasteiger partial charge in [0.25, 0.3) is 0 Å². The maximum absolute atomic E-state index is 5.68. The van der Waals surface area contributed by atoms with Crippen molar-refractivity contribution in [2.24, 2.45) is 0 Å². The second-order valence-corrected chi connectivity index (χ2v) is 7.64. The summed E-state index contributed by atoms with van der Waals surface area (Å²) in [4.78, 5) is 0. The molecule has 0 atom stereocenters. The highest BCUT2D eigenvalue weighted by molar-refractivity contribution is 9.12. The molecule has 2 aromatic heterocycles. The van der Waals surface area contributed by atoms with Crippen molar-refractivity contribution < 1.29 is 4.42 Å². The number of halogens is 2. The molecule has 1 aromatic carbocycles. The highest BCUT2D eigenvalue weighted by atomic mass is 79.9. The number of rotatable bonds is 3. The van der Waals surface area contributed by atoms with Gasteiger partial charge in [0.05, 0.1) is 14.0 Å². The molecule has 0 unspecified atom stereocenters. The maximum Gasteiger partial charge on any atom is 0.247 e. The molecule has 0 saturated heterocycles. The van der Waals surface area contributed by atoms with E-state index >= 15 is 0 Å². The van der Waals surface area contributed by atoms with E-state index in [-0.39, 0.29) is 0 Å². The molecule has 0 aliphatic carbocycles. The van der Waals surface area contributed by atoms with E-state index < -0.39 is 0 Å². The number of thiophene rings is 1. The molecule has 3 aromatic rings. The van der Waals surface area contributed by atoms with E-state index in [2.05, 4.69) is 48.1 Å². The molecule has 0 N–H and O–H groups in total. The van der Waals surface area contributed by atoms with Crippen LogP contribution in [0.3, 0.4) is 0 Å². The van der Waals surface area contributed by atoms with E-state index in [1.165, 1.54) is 0 Å². The summed E-state index contributed by atoms with van der Waals surface area (Å²) in [5, 5.41) is 8.17. The normalized spacial score (nSPS) is 10.8. The van der Waals surface area contributed by atoms with Crippen LogP contribution in [0.4, 0.5) is 0 Å². The lowest BCUT2D eigenvalue weighted by molar-refractivity contribution is 0.518. The SMILES string of the molecule is Brc1cc(Cc2nnc(-c3ccccc3)o2)c(Br)s1. The molecular weight excluding hydrogens is 392 g/mol. The molecule has 0 saturated carbocycles. The van der Waals surface area contributed by atoms with Crippen molar-refractivity contribution in [1.82, 2.24) is 10.2 Å². The fraction of sp³-hybridized carbons (Fsp3) is 0.0769. The lowest BCUT2D eigenvalue weighted by Gasteiger charge is -1.94. The van der Waals surface area contributed by atoms with E-state index in [1.54, 1.807) is 11.3 Å². The molecule has 0 spiro atoms. The molecular formula is C13H8Br2N2OS. The van der Waals surface area contributed by atoms with Crippen LogP contribution in [-0.4, -0.2) is 10.2 Å². The quantitative estimate of drug-likeness (QED) is 0.627. The third kappa shape index (κ3) is 2.96. The van der Waals surface area contributed by atoms with Gasteiger partial charge in [0, 0.05) is 5.56 Å². The van der Waals surface area contributed by atoms with Crippen LogP contribution >= 0.6 is 43.2 Å². The summed E-state index contributed by atoms with van der Waals surface area (Å²) in [7, 11) is 0. The van der Waals surface area contributed by atoms with Gasteiger partial charge in [-0.2, -0.15) is 0 Å². The average Bonchev–Trinajstić information content (AvgIpc) is 2.99. The Hall–Kier alpha value is -0.980. The zero-order valence-corrected chi connectivity index (χ0v) is 13.6. The summed E-state index contributed by atoms with van der Waals surface area (Å²) in [6.45, 7) is 0.